The van der Waals surface area contributed by atoms with E-state index in [0.29, 0.717) is 25.3 Å². The summed E-state index contributed by atoms with van der Waals surface area (Å²) in [5, 5.41) is 17.0. The first-order valence-electron chi connectivity index (χ1n) is 14.6. The highest BCUT2D eigenvalue weighted by Gasteiger charge is 2.29. The van der Waals surface area contributed by atoms with E-state index in [4.69, 9.17) is 4.74 Å². The third-order valence-corrected chi connectivity index (χ3v) is 7.99. The van der Waals surface area contributed by atoms with E-state index in [0.717, 1.165) is 68.8 Å². The number of rotatable bonds is 10. The lowest BCUT2D eigenvalue weighted by atomic mass is 9.85. The van der Waals surface area contributed by atoms with Crippen LogP contribution in [0.4, 0.5) is 11.4 Å². The van der Waals surface area contributed by atoms with Gasteiger partial charge in [-0.2, -0.15) is 0 Å². The molecule has 1 amide bonds. The number of aryl methyl sites for hydroxylation is 1. The average Bonchev–Trinajstić information content (AvgIpc) is 2.89. The predicted molar refractivity (Wildman–Crippen MR) is 166 cm³/mol. The zero-order valence-electron chi connectivity index (χ0n) is 24.9. The average molecular weight is 573 g/mol. The van der Waals surface area contributed by atoms with Gasteiger partial charge in [-0.15, -0.1) is 12.4 Å². The fourth-order valence-electron chi connectivity index (χ4n) is 5.75. The normalized spacial score (nSPS) is 21.9. The topological polar surface area (TPSA) is 77.1 Å². The minimum atomic E-state index is -0.827. The fraction of sp³-hybridized carbons (Fsp3) is 0.594. The van der Waals surface area contributed by atoms with Gasteiger partial charge in [0.1, 0.15) is 0 Å². The van der Waals surface area contributed by atoms with E-state index in [1.807, 2.05) is 24.1 Å². The number of hydrogen-bond donors (Lipinski definition) is 3. The van der Waals surface area contributed by atoms with Crippen LogP contribution in [0.5, 0.6) is 0 Å². The molecule has 222 valence electrons. The first-order valence-corrected chi connectivity index (χ1v) is 14.6. The number of halogens is 1. The standard InChI is InChI=1S/C32H48N4O3.ClH/c1-23-17-30(14-11-27(23)20-36-16-15-33-24(2)19-36)35(5)31(37)26-9-12-28(13-10-26)34-29-8-6-7-25(18-29)21-39-22-32(3,4)38;/h6-8,11,14,17-18,24,26,28,33-34,38H,9-10,12-13,15-16,19-22H2,1-5H3;1H/t24-,26-,28-;/m0./s1. The number of anilines is 2. The van der Waals surface area contributed by atoms with Crippen LogP contribution >= 0.6 is 12.4 Å². The number of carbonyl (C=O) groups is 1. The molecule has 1 aliphatic heterocycles. The molecule has 1 saturated carbocycles. The molecule has 1 saturated heterocycles. The highest BCUT2D eigenvalue weighted by molar-refractivity contribution is 5.94. The Morgan fingerprint density at radius 2 is 1.93 bits per heavy atom. The van der Waals surface area contributed by atoms with Gasteiger partial charge >= 0.3 is 0 Å². The predicted octanol–water partition coefficient (Wildman–Crippen LogP) is 5.13. The van der Waals surface area contributed by atoms with Gasteiger partial charge in [-0.3, -0.25) is 9.69 Å². The lowest BCUT2D eigenvalue weighted by molar-refractivity contribution is -0.123. The molecule has 8 heteroatoms. The van der Waals surface area contributed by atoms with E-state index in [2.05, 4.69) is 59.7 Å². The second-order valence-electron chi connectivity index (χ2n) is 12.3. The molecule has 0 unspecified atom stereocenters. The molecule has 1 heterocycles. The van der Waals surface area contributed by atoms with Crippen molar-refractivity contribution in [2.45, 2.75) is 84.2 Å². The van der Waals surface area contributed by atoms with Crippen LogP contribution in [0.25, 0.3) is 0 Å². The van der Waals surface area contributed by atoms with Gasteiger partial charge in [-0.25, -0.2) is 0 Å². The van der Waals surface area contributed by atoms with Crippen molar-refractivity contribution < 1.29 is 14.6 Å². The Labute approximate surface area is 247 Å². The van der Waals surface area contributed by atoms with Gasteiger partial charge in [0.15, 0.2) is 0 Å². The van der Waals surface area contributed by atoms with Crippen molar-refractivity contribution in [1.82, 2.24) is 10.2 Å². The van der Waals surface area contributed by atoms with Crippen LogP contribution in [-0.4, -0.2) is 66.9 Å². The lowest BCUT2D eigenvalue weighted by Gasteiger charge is -2.33. The van der Waals surface area contributed by atoms with Crippen LogP contribution in [0, 0.1) is 12.8 Å². The van der Waals surface area contributed by atoms with Crippen molar-refractivity contribution in [1.29, 1.82) is 0 Å². The van der Waals surface area contributed by atoms with Gasteiger partial charge in [0.2, 0.25) is 5.91 Å². The zero-order chi connectivity index (χ0) is 28.0. The lowest BCUT2D eigenvalue weighted by Crippen LogP contribution is -2.48. The summed E-state index contributed by atoms with van der Waals surface area (Å²) in [7, 11) is 1.92. The molecule has 1 atom stereocenters. The minimum Gasteiger partial charge on any atom is -0.388 e. The third kappa shape index (κ3) is 9.45. The summed E-state index contributed by atoms with van der Waals surface area (Å²) < 4.78 is 5.66. The molecular weight excluding hydrogens is 524 g/mol. The number of amides is 1. The first kappa shape index (κ1) is 32.4. The van der Waals surface area contributed by atoms with Crippen LogP contribution < -0.4 is 15.5 Å². The molecule has 0 bridgehead atoms. The summed E-state index contributed by atoms with van der Waals surface area (Å²) in [6, 6.07) is 15.6. The zero-order valence-corrected chi connectivity index (χ0v) is 25.7. The molecule has 0 radical (unpaired) electrons. The molecule has 2 aromatic rings. The summed E-state index contributed by atoms with van der Waals surface area (Å²) >= 11 is 0. The molecule has 1 aliphatic carbocycles. The second-order valence-corrected chi connectivity index (χ2v) is 12.3. The Kier molecular flexibility index (Phi) is 11.8. The maximum Gasteiger partial charge on any atom is 0.229 e. The summed E-state index contributed by atoms with van der Waals surface area (Å²) in [6.45, 7) is 12.8. The van der Waals surface area contributed by atoms with Gasteiger partial charge < -0.3 is 25.4 Å². The summed E-state index contributed by atoms with van der Waals surface area (Å²) in [6.07, 6.45) is 3.75. The summed E-state index contributed by atoms with van der Waals surface area (Å²) in [4.78, 5) is 17.8. The van der Waals surface area contributed by atoms with E-state index in [-0.39, 0.29) is 24.2 Å². The van der Waals surface area contributed by atoms with Gasteiger partial charge in [0.05, 0.1) is 18.8 Å². The van der Waals surface area contributed by atoms with Gasteiger partial charge in [-0.1, -0.05) is 18.2 Å². The number of aliphatic hydroxyl groups is 1. The monoisotopic (exact) mass is 572 g/mol. The highest BCUT2D eigenvalue weighted by atomic mass is 35.5. The van der Waals surface area contributed by atoms with Crippen LogP contribution in [0.1, 0.15) is 63.1 Å². The Hall–Kier alpha value is -2.16. The largest absolute Gasteiger partial charge is 0.388 e. The van der Waals surface area contributed by atoms with Crippen molar-refractivity contribution in [3.8, 4) is 0 Å². The van der Waals surface area contributed by atoms with Gasteiger partial charge in [0, 0.05) is 62.6 Å². The van der Waals surface area contributed by atoms with Crippen molar-refractivity contribution in [2.75, 3.05) is 43.5 Å². The number of carbonyl (C=O) groups excluding carboxylic acids is 1. The number of hydrogen-bond acceptors (Lipinski definition) is 6. The van der Waals surface area contributed by atoms with E-state index >= 15 is 0 Å². The van der Waals surface area contributed by atoms with E-state index in [9.17, 15) is 9.90 Å². The number of piperazine rings is 1. The third-order valence-electron chi connectivity index (χ3n) is 7.99. The Morgan fingerprint density at radius 3 is 2.60 bits per heavy atom. The smallest absolute Gasteiger partial charge is 0.229 e. The SMILES string of the molecule is Cc1cc(N(C)C(=O)[C@H]2CC[C@H](Nc3cccc(COCC(C)(C)O)c3)CC2)ccc1CN1CCN[C@@H](C)C1.Cl. The summed E-state index contributed by atoms with van der Waals surface area (Å²) in [5.74, 6) is 0.291. The second kappa shape index (κ2) is 14.6. The van der Waals surface area contributed by atoms with Crippen molar-refractivity contribution in [3.63, 3.8) is 0 Å². The molecule has 2 fully saturated rings. The Morgan fingerprint density at radius 1 is 1.18 bits per heavy atom. The van der Waals surface area contributed by atoms with Crippen LogP contribution in [0.3, 0.4) is 0 Å². The van der Waals surface area contributed by atoms with E-state index < -0.39 is 5.60 Å². The number of nitrogens with zero attached hydrogens (tertiary/aromatic N) is 2. The van der Waals surface area contributed by atoms with Crippen molar-refractivity contribution in [3.05, 3.63) is 59.2 Å². The van der Waals surface area contributed by atoms with E-state index in [1.54, 1.807) is 13.8 Å². The number of benzene rings is 2. The highest BCUT2D eigenvalue weighted by Crippen LogP contribution is 2.30. The van der Waals surface area contributed by atoms with Crippen LogP contribution in [0.2, 0.25) is 0 Å². The molecule has 0 spiro atoms. The maximum absolute atomic E-state index is 13.4. The fourth-order valence-corrected chi connectivity index (χ4v) is 5.75. The minimum absolute atomic E-state index is 0. The van der Waals surface area contributed by atoms with Gasteiger partial charge in [-0.05, 0) is 94.3 Å². The van der Waals surface area contributed by atoms with Crippen molar-refractivity contribution in [2.24, 2.45) is 5.92 Å². The Balaban J connectivity index is 0.00000441. The number of nitrogens with one attached hydrogen (secondary N) is 2. The number of ether oxygens (including phenoxy) is 1. The van der Waals surface area contributed by atoms with Crippen molar-refractivity contribution >= 4 is 29.7 Å². The molecule has 40 heavy (non-hydrogen) atoms. The molecule has 2 aliphatic rings. The van der Waals surface area contributed by atoms with Crippen LogP contribution in [-0.2, 0) is 22.7 Å². The summed E-state index contributed by atoms with van der Waals surface area (Å²) in [5.41, 5.74) is 4.91. The molecule has 7 nitrogen and oxygen atoms in total. The molecule has 3 N–H and O–H groups in total. The molecule has 2 aromatic carbocycles. The molecule has 0 aromatic heterocycles. The maximum atomic E-state index is 13.4. The van der Waals surface area contributed by atoms with E-state index in [1.165, 1.54) is 11.1 Å². The molecule has 4 rings (SSSR count). The van der Waals surface area contributed by atoms with Gasteiger partial charge in [0.25, 0.3) is 0 Å². The van der Waals surface area contributed by atoms with Crippen LogP contribution in [0.15, 0.2) is 42.5 Å². The molecular formula is C32H49ClN4O3. The Bertz CT molecular complexity index is 1100. The quantitative estimate of drug-likeness (QED) is 0.366. The first-order chi connectivity index (χ1) is 18.6.